The number of rotatable bonds is 1. The summed E-state index contributed by atoms with van der Waals surface area (Å²) in [5.41, 5.74) is 6.38. The Morgan fingerprint density at radius 3 is 2.62 bits per heavy atom. The second-order valence-corrected chi connectivity index (χ2v) is 3.40. The highest BCUT2D eigenvalue weighted by Gasteiger charge is 2.06. The maximum Gasteiger partial charge on any atom is 0.180 e. The van der Waals surface area contributed by atoms with Gasteiger partial charge < -0.3 is 5.73 Å². The number of nitrogen functional groups attached to an aromatic ring is 1. The third-order valence-electron chi connectivity index (χ3n) is 1.90. The second-order valence-electron chi connectivity index (χ2n) is 2.97. The Balaban J connectivity index is 2.46. The molecule has 6 heteroatoms. The smallest absolute Gasteiger partial charge is 0.180 e. The minimum Gasteiger partial charge on any atom is -0.382 e. The molecule has 2 aromatic heterocycles. The van der Waals surface area contributed by atoms with Gasteiger partial charge in [-0.2, -0.15) is 5.26 Å². The fourth-order valence-electron chi connectivity index (χ4n) is 1.11. The molecule has 0 aromatic carbocycles. The second kappa shape index (κ2) is 4.13. The molecule has 0 amide bonds. The molecule has 5 nitrogen and oxygen atoms in total. The molecular weight excluding hydrogens is 226 g/mol. The fourth-order valence-corrected chi connectivity index (χ4v) is 1.22. The number of nitrogens with zero attached hydrogens (tertiary/aromatic N) is 4. The Hall–Kier alpha value is -2.19. The zero-order chi connectivity index (χ0) is 11.5. The first kappa shape index (κ1) is 10.3. The van der Waals surface area contributed by atoms with E-state index in [9.17, 15) is 0 Å². The van der Waals surface area contributed by atoms with Gasteiger partial charge in [-0.3, -0.25) is 4.98 Å². The quantitative estimate of drug-likeness (QED) is 0.806. The number of anilines is 1. The van der Waals surface area contributed by atoms with Crippen LogP contribution in [-0.4, -0.2) is 15.0 Å². The molecule has 0 aliphatic carbocycles. The Morgan fingerprint density at radius 1 is 1.25 bits per heavy atom. The molecule has 2 rings (SSSR count). The van der Waals surface area contributed by atoms with Gasteiger partial charge in [0.05, 0.1) is 11.2 Å². The summed E-state index contributed by atoms with van der Waals surface area (Å²) in [5.74, 6) is 0.511. The van der Waals surface area contributed by atoms with Gasteiger partial charge in [-0.05, 0) is 12.1 Å². The van der Waals surface area contributed by atoms with Crippen molar-refractivity contribution in [1.29, 1.82) is 5.26 Å². The predicted octanol–water partition coefficient (Wildman–Crippen LogP) is 1.65. The number of nitrogens with two attached hydrogens (primary N) is 1. The van der Waals surface area contributed by atoms with Crippen molar-refractivity contribution in [3.8, 4) is 17.6 Å². The van der Waals surface area contributed by atoms with Crippen LogP contribution in [0.1, 0.15) is 5.56 Å². The molecule has 0 unspecified atom stereocenters. The van der Waals surface area contributed by atoms with Gasteiger partial charge in [0.25, 0.3) is 0 Å². The summed E-state index contributed by atoms with van der Waals surface area (Å²) in [6, 6.07) is 5.26. The van der Waals surface area contributed by atoms with Gasteiger partial charge in [0, 0.05) is 6.20 Å². The number of pyridine rings is 1. The first-order chi connectivity index (χ1) is 7.70. The van der Waals surface area contributed by atoms with E-state index in [4.69, 9.17) is 22.6 Å². The summed E-state index contributed by atoms with van der Waals surface area (Å²) in [4.78, 5) is 12.0. The van der Waals surface area contributed by atoms with Gasteiger partial charge in [0.15, 0.2) is 5.82 Å². The summed E-state index contributed by atoms with van der Waals surface area (Å²) in [6.45, 7) is 0. The van der Waals surface area contributed by atoms with Crippen LogP contribution in [0.25, 0.3) is 11.5 Å². The number of halogens is 1. The van der Waals surface area contributed by atoms with Crippen molar-refractivity contribution >= 4 is 17.4 Å². The predicted molar refractivity (Wildman–Crippen MR) is 59.4 cm³/mol. The number of hydrogen-bond acceptors (Lipinski definition) is 5. The first-order valence-corrected chi connectivity index (χ1v) is 4.73. The van der Waals surface area contributed by atoms with E-state index in [1.165, 1.54) is 12.4 Å². The molecule has 0 spiro atoms. The van der Waals surface area contributed by atoms with Crippen molar-refractivity contribution in [2.24, 2.45) is 0 Å². The van der Waals surface area contributed by atoms with Crippen molar-refractivity contribution in [3.05, 3.63) is 35.1 Å². The molecule has 0 radical (unpaired) electrons. The molecule has 2 heterocycles. The highest BCUT2D eigenvalue weighted by Crippen LogP contribution is 2.16. The standard InChI is InChI=1S/C10H6ClN5/c11-7-1-2-8(14-5-7)10-15-4-6(3-12)9(13)16-10/h1-2,4-5H,(H2,13,15,16). The number of aromatic nitrogens is 3. The van der Waals surface area contributed by atoms with E-state index in [0.29, 0.717) is 16.5 Å². The van der Waals surface area contributed by atoms with Gasteiger partial charge in [-0.15, -0.1) is 0 Å². The molecule has 0 aliphatic rings. The Morgan fingerprint density at radius 2 is 2.06 bits per heavy atom. The molecule has 0 saturated carbocycles. The van der Waals surface area contributed by atoms with E-state index in [-0.39, 0.29) is 11.4 Å². The van der Waals surface area contributed by atoms with Crippen LogP contribution in [-0.2, 0) is 0 Å². The molecule has 2 N–H and O–H groups in total. The minimum absolute atomic E-state index is 0.143. The Labute approximate surface area is 96.5 Å². The van der Waals surface area contributed by atoms with E-state index < -0.39 is 0 Å². The largest absolute Gasteiger partial charge is 0.382 e. The fraction of sp³-hybridized carbons (Fsp3) is 0. The molecule has 0 bridgehead atoms. The molecule has 16 heavy (non-hydrogen) atoms. The average molecular weight is 232 g/mol. The van der Waals surface area contributed by atoms with Gasteiger partial charge in [-0.25, -0.2) is 9.97 Å². The van der Waals surface area contributed by atoms with Gasteiger partial charge in [0.2, 0.25) is 0 Å². The lowest BCUT2D eigenvalue weighted by Crippen LogP contribution is -1.99. The minimum atomic E-state index is 0.143. The van der Waals surface area contributed by atoms with E-state index >= 15 is 0 Å². The molecule has 0 fully saturated rings. The van der Waals surface area contributed by atoms with Crippen LogP contribution in [0.2, 0.25) is 5.02 Å². The van der Waals surface area contributed by atoms with Crippen LogP contribution in [0.3, 0.4) is 0 Å². The third-order valence-corrected chi connectivity index (χ3v) is 2.12. The van der Waals surface area contributed by atoms with Crippen LogP contribution >= 0.6 is 11.6 Å². The molecule has 78 valence electrons. The zero-order valence-electron chi connectivity index (χ0n) is 8.05. The van der Waals surface area contributed by atoms with Gasteiger partial charge in [-0.1, -0.05) is 11.6 Å². The molecule has 0 atom stereocenters. The normalized spacial score (nSPS) is 9.75. The maximum absolute atomic E-state index is 8.67. The highest BCUT2D eigenvalue weighted by atomic mass is 35.5. The summed E-state index contributed by atoms with van der Waals surface area (Å²) in [7, 11) is 0. The van der Waals surface area contributed by atoms with Crippen LogP contribution in [0, 0.1) is 11.3 Å². The highest BCUT2D eigenvalue weighted by molar-refractivity contribution is 6.30. The van der Waals surface area contributed by atoms with Gasteiger partial charge >= 0.3 is 0 Å². The van der Waals surface area contributed by atoms with Crippen LogP contribution in [0.5, 0.6) is 0 Å². The van der Waals surface area contributed by atoms with Crippen molar-refractivity contribution in [2.75, 3.05) is 5.73 Å². The lowest BCUT2D eigenvalue weighted by Gasteiger charge is -2.01. The van der Waals surface area contributed by atoms with Crippen molar-refractivity contribution in [1.82, 2.24) is 15.0 Å². The summed E-state index contributed by atoms with van der Waals surface area (Å²) in [6.07, 6.45) is 2.86. The zero-order valence-corrected chi connectivity index (χ0v) is 8.81. The van der Waals surface area contributed by atoms with Crippen molar-refractivity contribution in [2.45, 2.75) is 0 Å². The lowest BCUT2D eigenvalue weighted by atomic mass is 10.3. The molecular formula is C10H6ClN5. The van der Waals surface area contributed by atoms with E-state index in [1.54, 1.807) is 12.1 Å². The van der Waals surface area contributed by atoms with E-state index in [2.05, 4.69) is 15.0 Å². The lowest BCUT2D eigenvalue weighted by molar-refractivity contribution is 1.14. The number of nitriles is 1. The third kappa shape index (κ3) is 1.92. The average Bonchev–Trinajstić information content (AvgIpc) is 2.30. The monoisotopic (exact) mass is 231 g/mol. The summed E-state index contributed by atoms with van der Waals surface area (Å²) in [5, 5.41) is 9.21. The SMILES string of the molecule is N#Cc1cnc(-c2ccc(Cl)cn2)nc1N. The molecule has 2 aromatic rings. The summed E-state index contributed by atoms with van der Waals surface area (Å²) < 4.78 is 0. The van der Waals surface area contributed by atoms with Gasteiger partial charge in [0.1, 0.15) is 23.1 Å². The Kier molecular flexibility index (Phi) is 2.66. The van der Waals surface area contributed by atoms with Crippen LogP contribution in [0.15, 0.2) is 24.5 Å². The number of hydrogen-bond donors (Lipinski definition) is 1. The van der Waals surface area contributed by atoms with Crippen LogP contribution < -0.4 is 5.73 Å². The summed E-state index contributed by atoms with van der Waals surface area (Å²) >= 11 is 5.71. The van der Waals surface area contributed by atoms with E-state index in [0.717, 1.165) is 0 Å². The molecule has 0 aliphatic heterocycles. The maximum atomic E-state index is 8.67. The molecule has 0 saturated heterocycles. The van der Waals surface area contributed by atoms with Crippen LogP contribution in [0.4, 0.5) is 5.82 Å². The topological polar surface area (TPSA) is 88.5 Å². The van der Waals surface area contributed by atoms with Crippen molar-refractivity contribution in [3.63, 3.8) is 0 Å². The Bertz CT molecular complexity index is 558. The van der Waals surface area contributed by atoms with E-state index in [1.807, 2.05) is 6.07 Å². The first-order valence-electron chi connectivity index (χ1n) is 4.35. The van der Waals surface area contributed by atoms with Crippen molar-refractivity contribution < 1.29 is 0 Å².